The Kier molecular flexibility index (Phi) is 9.53. The minimum absolute atomic E-state index is 0.271. The average Bonchev–Trinajstić information content (AvgIpc) is 3.51. The van der Waals surface area contributed by atoms with Crippen LogP contribution in [0.15, 0.2) is 88.3 Å². The lowest BCUT2D eigenvalue weighted by Crippen LogP contribution is -2.36. The number of benzene rings is 3. The predicted molar refractivity (Wildman–Crippen MR) is 177 cm³/mol. The zero-order valence-corrected chi connectivity index (χ0v) is 26.4. The molecule has 4 aromatic rings. The standard InChI is InChI=1S/C33H34N2O4S3/c1-4-24(21-32-34(5-2)29-23-27(39-3)15-17-30(29)40-32)22-33-35(18-9-19-42(36,37)38)28-16-14-26(20-31(28)41-33)13-12-25-10-7-6-8-11-25/h6-8,10-17,20-23H,4-5,9,18-19H2,1-3H3/p+1. The highest BCUT2D eigenvalue weighted by Gasteiger charge is 2.25. The second-order valence-electron chi connectivity index (χ2n) is 9.94. The lowest BCUT2D eigenvalue weighted by atomic mass is 10.1. The highest BCUT2D eigenvalue weighted by Crippen LogP contribution is 2.47. The monoisotopic (exact) mass is 619 g/mol. The van der Waals surface area contributed by atoms with E-state index >= 15 is 0 Å². The molecule has 0 fully saturated rings. The van der Waals surface area contributed by atoms with Gasteiger partial charge in [-0.05, 0) is 60.4 Å². The van der Waals surface area contributed by atoms with E-state index in [1.165, 1.54) is 15.5 Å². The van der Waals surface area contributed by atoms with Gasteiger partial charge in [-0.25, -0.2) is 0 Å². The summed E-state index contributed by atoms with van der Waals surface area (Å²) in [6.45, 7) is 5.63. The first-order chi connectivity index (χ1) is 20.3. The Hall–Kier alpha value is -3.37. The number of hydrogen-bond donors (Lipinski definition) is 1. The number of thiazole rings is 1. The number of fused-ring (bicyclic) bond motifs is 2. The van der Waals surface area contributed by atoms with E-state index in [4.69, 9.17) is 4.74 Å². The summed E-state index contributed by atoms with van der Waals surface area (Å²) in [6, 6.07) is 22.8. The van der Waals surface area contributed by atoms with E-state index in [1.807, 2.05) is 24.3 Å². The minimum Gasteiger partial charge on any atom is -0.497 e. The summed E-state index contributed by atoms with van der Waals surface area (Å²) in [4.78, 5) is 3.51. The summed E-state index contributed by atoms with van der Waals surface area (Å²) in [5.41, 5.74) is 5.61. The van der Waals surface area contributed by atoms with Gasteiger partial charge < -0.3 is 9.64 Å². The van der Waals surface area contributed by atoms with Crippen LogP contribution in [0.5, 0.6) is 5.75 Å². The van der Waals surface area contributed by atoms with Crippen LogP contribution in [-0.4, -0.2) is 32.4 Å². The lowest BCUT2D eigenvalue weighted by Gasteiger charge is -2.18. The first-order valence-electron chi connectivity index (χ1n) is 14.0. The van der Waals surface area contributed by atoms with Gasteiger partial charge in [0.25, 0.3) is 15.1 Å². The number of aromatic nitrogens is 1. The van der Waals surface area contributed by atoms with Gasteiger partial charge in [-0.3, -0.25) is 4.55 Å². The molecule has 9 heteroatoms. The molecule has 218 valence electrons. The first-order valence-corrected chi connectivity index (χ1v) is 17.2. The van der Waals surface area contributed by atoms with Crippen LogP contribution >= 0.6 is 23.1 Å². The quantitative estimate of drug-likeness (QED) is 0.105. The van der Waals surface area contributed by atoms with Crippen LogP contribution < -0.4 is 14.2 Å². The Labute approximate surface area is 256 Å². The molecule has 5 rings (SSSR count). The fourth-order valence-corrected chi connectivity index (χ4v) is 7.82. The smallest absolute Gasteiger partial charge is 0.265 e. The summed E-state index contributed by atoms with van der Waals surface area (Å²) in [5, 5.41) is 2.21. The van der Waals surface area contributed by atoms with E-state index in [9.17, 15) is 13.0 Å². The molecule has 42 heavy (non-hydrogen) atoms. The molecule has 2 heterocycles. The van der Waals surface area contributed by atoms with Crippen LogP contribution in [0.3, 0.4) is 0 Å². The third-order valence-electron chi connectivity index (χ3n) is 7.09. The van der Waals surface area contributed by atoms with Crippen molar-refractivity contribution in [2.24, 2.45) is 0 Å². The predicted octanol–water partition coefficient (Wildman–Crippen LogP) is 7.91. The van der Waals surface area contributed by atoms with Crippen molar-refractivity contribution in [1.29, 1.82) is 0 Å². The van der Waals surface area contributed by atoms with Gasteiger partial charge in [0.1, 0.15) is 10.4 Å². The number of ether oxygens (including phenoxy) is 1. The first kappa shape index (κ1) is 30.1. The fourth-order valence-electron chi connectivity index (χ4n) is 4.93. The number of aryl methyl sites for hydroxylation is 1. The fraction of sp³-hybridized carbons (Fsp3) is 0.242. The maximum atomic E-state index is 11.5. The molecule has 0 aliphatic carbocycles. The van der Waals surface area contributed by atoms with Crippen LogP contribution in [0.2, 0.25) is 0 Å². The minimum atomic E-state index is -4.03. The van der Waals surface area contributed by atoms with Gasteiger partial charge in [-0.2, -0.15) is 13.0 Å². The second-order valence-corrected chi connectivity index (χ2v) is 13.6. The van der Waals surface area contributed by atoms with Crippen molar-refractivity contribution in [1.82, 2.24) is 0 Å². The molecular weight excluding hydrogens is 585 g/mol. The van der Waals surface area contributed by atoms with Crippen molar-refractivity contribution in [2.45, 2.75) is 38.1 Å². The number of nitrogens with zero attached hydrogens (tertiary/aromatic N) is 2. The molecule has 1 aromatic heterocycles. The summed E-state index contributed by atoms with van der Waals surface area (Å²) < 4.78 is 41.0. The highest BCUT2D eigenvalue weighted by molar-refractivity contribution is 8.03. The topological polar surface area (TPSA) is 70.7 Å². The second kappa shape index (κ2) is 13.3. The normalized spacial score (nSPS) is 14.8. The highest BCUT2D eigenvalue weighted by atomic mass is 32.2. The molecule has 0 amide bonds. The van der Waals surface area contributed by atoms with Gasteiger partial charge in [0.15, 0.2) is 6.54 Å². The summed E-state index contributed by atoms with van der Waals surface area (Å²) in [6.07, 6.45) is 9.84. The molecular formula is C33H35N2O4S3+. The molecule has 1 aliphatic rings. The summed E-state index contributed by atoms with van der Waals surface area (Å²) >= 11 is 3.45. The van der Waals surface area contributed by atoms with Crippen molar-refractivity contribution in [3.8, 4) is 5.75 Å². The SMILES string of the molecule is CCC(=Cc1sc2cc(C=Cc3ccccc3)ccc2[n+]1CCCS(=O)(=O)O)C=C1Sc2ccc(OC)cc2N1CC. The lowest BCUT2D eigenvalue weighted by molar-refractivity contribution is -0.668. The average molecular weight is 620 g/mol. The summed E-state index contributed by atoms with van der Waals surface area (Å²) in [7, 11) is -2.34. The zero-order valence-electron chi connectivity index (χ0n) is 24.0. The largest absolute Gasteiger partial charge is 0.497 e. The van der Waals surface area contributed by atoms with Crippen molar-refractivity contribution in [3.63, 3.8) is 0 Å². The molecule has 1 aliphatic heterocycles. The molecule has 0 saturated carbocycles. The van der Waals surface area contributed by atoms with Crippen molar-refractivity contribution >= 4 is 67.3 Å². The van der Waals surface area contributed by atoms with Gasteiger partial charge >= 0.3 is 0 Å². The molecule has 0 spiro atoms. The Balaban J connectivity index is 1.51. The van der Waals surface area contributed by atoms with Crippen LogP contribution in [0.4, 0.5) is 5.69 Å². The van der Waals surface area contributed by atoms with Gasteiger partial charge in [-0.15, -0.1) is 0 Å². The molecule has 0 unspecified atom stereocenters. The van der Waals surface area contributed by atoms with Gasteiger partial charge in [0.2, 0.25) is 5.52 Å². The van der Waals surface area contributed by atoms with Crippen molar-refractivity contribution in [3.05, 3.63) is 99.5 Å². The van der Waals surface area contributed by atoms with Crippen LogP contribution in [0, 0.1) is 0 Å². The number of rotatable bonds is 11. The van der Waals surface area contributed by atoms with E-state index in [2.05, 4.69) is 90.1 Å². The van der Waals surface area contributed by atoms with E-state index in [0.717, 1.165) is 50.8 Å². The van der Waals surface area contributed by atoms with Crippen LogP contribution in [-0.2, 0) is 16.7 Å². The van der Waals surface area contributed by atoms with E-state index in [0.29, 0.717) is 13.0 Å². The van der Waals surface area contributed by atoms with Gasteiger partial charge in [0, 0.05) is 36.1 Å². The summed E-state index contributed by atoms with van der Waals surface area (Å²) in [5.74, 6) is 0.571. The number of allylic oxidation sites excluding steroid dienone is 2. The number of hydrogen-bond acceptors (Lipinski definition) is 6. The Morgan fingerprint density at radius 2 is 1.81 bits per heavy atom. The third kappa shape index (κ3) is 7.15. The van der Waals surface area contributed by atoms with E-state index in [1.54, 1.807) is 30.2 Å². The Bertz CT molecular complexity index is 1770. The van der Waals surface area contributed by atoms with E-state index in [-0.39, 0.29) is 5.75 Å². The molecule has 6 nitrogen and oxygen atoms in total. The van der Waals surface area contributed by atoms with Crippen LogP contribution in [0.1, 0.15) is 42.8 Å². The number of thioether (sulfide) groups is 1. The maximum absolute atomic E-state index is 11.5. The van der Waals surface area contributed by atoms with Gasteiger partial charge in [0.05, 0.1) is 23.6 Å². The van der Waals surface area contributed by atoms with E-state index < -0.39 is 10.1 Å². The Morgan fingerprint density at radius 3 is 2.52 bits per heavy atom. The third-order valence-corrected chi connectivity index (χ3v) is 10.1. The molecule has 0 radical (unpaired) electrons. The van der Waals surface area contributed by atoms with Gasteiger partial charge in [-0.1, -0.05) is 72.5 Å². The molecule has 3 aromatic carbocycles. The van der Waals surface area contributed by atoms with Crippen molar-refractivity contribution < 1.29 is 22.3 Å². The Morgan fingerprint density at radius 1 is 1.02 bits per heavy atom. The molecule has 0 bridgehead atoms. The zero-order chi connectivity index (χ0) is 29.7. The molecule has 1 N–H and O–H groups in total. The van der Waals surface area contributed by atoms with Crippen molar-refractivity contribution in [2.75, 3.05) is 24.3 Å². The molecule has 0 saturated heterocycles. The molecule has 0 atom stereocenters. The van der Waals surface area contributed by atoms with Crippen LogP contribution in [0.25, 0.3) is 28.4 Å². The number of methoxy groups -OCH3 is 1. The number of anilines is 1. The maximum Gasteiger partial charge on any atom is 0.265 e.